The predicted molar refractivity (Wildman–Crippen MR) is 24.1 cm³/mol. The summed E-state index contributed by atoms with van der Waals surface area (Å²) in [6.07, 6.45) is 0. The molecule has 0 atom stereocenters. The second kappa shape index (κ2) is 3.77. The number of rotatable bonds is 2. The third kappa shape index (κ3) is 11.3. The summed E-state index contributed by atoms with van der Waals surface area (Å²) < 4.78 is 29.0. The van der Waals surface area contributed by atoms with Gasteiger partial charge in [-0.05, 0) is 0 Å². The average molecular weight is 200 g/mol. The first kappa shape index (κ1) is 13.1. The molecule has 0 bridgehead atoms. The van der Waals surface area contributed by atoms with E-state index in [0.29, 0.717) is 0 Å². The van der Waals surface area contributed by atoms with Crippen LogP contribution in [0.1, 0.15) is 0 Å². The molecule has 0 saturated carbocycles. The molecule has 0 radical (unpaired) electrons. The summed E-state index contributed by atoms with van der Waals surface area (Å²) in [7, 11) is -11.0. The Balaban J connectivity index is 0. The zero-order valence-electron chi connectivity index (χ0n) is 4.38. The molecule has 0 unspecified atom stereocenters. The molecule has 0 aliphatic heterocycles. The number of hydrogen-bond donors (Lipinski definition) is 1. The van der Waals surface area contributed by atoms with Crippen LogP contribution in [-0.2, 0) is 14.3 Å². The maximum atomic E-state index is 9.41. The van der Waals surface area contributed by atoms with E-state index in [1.165, 1.54) is 0 Å². The van der Waals surface area contributed by atoms with Crippen LogP contribution in [0.5, 0.6) is 0 Å². The molecule has 0 aromatic carbocycles. The minimum atomic E-state index is -5.88. The van der Waals surface area contributed by atoms with E-state index in [2.05, 4.69) is 3.87 Å². The summed E-state index contributed by atoms with van der Waals surface area (Å²) in [4.78, 5) is 28.2. The Labute approximate surface area is 68.5 Å². The van der Waals surface area contributed by atoms with Gasteiger partial charge >= 0.3 is 27.8 Å². The van der Waals surface area contributed by atoms with Gasteiger partial charge in [0.25, 0.3) is 0 Å². The van der Waals surface area contributed by atoms with Gasteiger partial charge in [-0.25, -0.2) is 0 Å². The molecule has 56 valence electrons. The van der Waals surface area contributed by atoms with Crippen molar-refractivity contribution < 1.29 is 31.2 Å². The molecule has 0 fully saturated rings. The Kier molecular flexibility index (Phi) is 4.94. The number of hydrogen-bond acceptors (Lipinski definition) is 6. The van der Waals surface area contributed by atoms with E-state index in [9.17, 15) is 22.8 Å². The van der Waals surface area contributed by atoms with Crippen LogP contribution in [0.15, 0.2) is 0 Å². The summed E-state index contributed by atoms with van der Waals surface area (Å²) in [5.41, 5.74) is 0. The van der Waals surface area contributed by atoms with Crippen molar-refractivity contribution >= 4 is 36.8 Å². The first-order valence-electron chi connectivity index (χ1n) is 1.50. The minimum absolute atomic E-state index is 0. The van der Waals surface area contributed by atoms with Crippen LogP contribution in [0.25, 0.3) is 0 Å². The van der Waals surface area contributed by atoms with Crippen molar-refractivity contribution in [3.63, 3.8) is 0 Å². The molecule has 0 aliphatic carbocycles. The van der Waals surface area contributed by atoms with E-state index in [1.54, 1.807) is 0 Å². The van der Waals surface area contributed by atoms with Gasteiger partial charge in [-0.2, -0.15) is 8.42 Å². The molecule has 0 aromatic heterocycles. The maximum Gasteiger partial charge on any atom is 3.00 e. The smallest absolute Gasteiger partial charge is 0.860 e. The summed E-state index contributed by atoms with van der Waals surface area (Å²) in [5.74, 6) is 0. The average Bonchev–Trinajstić information content (AvgIpc) is 1.14. The van der Waals surface area contributed by atoms with Crippen LogP contribution in [0.4, 0.5) is 0 Å². The molecular weight excluding hydrogens is 199 g/mol. The quantitative estimate of drug-likeness (QED) is 0.348. The Morgan fingerprint density at radius 1 is 1.30 bits per heavy atom. The van der Waals surface area contributed by atoms with Gasteiger partial charge in [-0.1, -0.05) is 9.05 Å². The van der Waals surface area contributed by atoms with Crippen molar-refractivity contribution in [2.75, 3.05) is 0 Å². The Morgan fingerprint density at radius 2 is 1.60 bits per heavy atom. The third-order valence-corrected chi connectivity index (χ3v) is 1.87. The predicted octanol–water partition coefficient (Wildman–Crippen LogP) is -5.06. The molecule has 10 heavy (non-hydrogen) atoms. The van der Waals surface area contributed by atoms with Crippen molar-refractivity contribution in [3.05, 3.63) is 0 Å². The van der Waals surface area contributed by atoms with Gasteiger partial charge in [0.05, 0.1) is 0 Å². The Hall–Kier alpha value is 0.499. The van der Waals surface area contributed by atoms with Crippen molar-refractivity contribution in [1.82, 2.24) is 0 Å². The van der Waals surface area contributed by atoms with Gasteiger partial charge in [-0.3, -0.25) is 4.55 Å². The van der Waals surface area contributed by atoms with E-state index >= 15 is 0 Å². The second-order valence-corrected chi connectivity index (χ2v) is 3.53. The molecule has 0 aliphatic rings. The minimum Gasteiger partial charge on any atom is -0.860 e. The standard InChI is InChI=1S/Al.HO7SSi/c;1-8(2,3)7-9(4,5)6/h;(H,1,2,3)/q+3;-3. The topological polar surface area (TPSA) is 133 Å². The molecule has 1 N–H and O–H groups in total. The molecular formula is HAlO7SSi. The van der Waals surface area contributed by atoms with E-state index in [1.807, 2.05) is 0 Å². The molecule has 0 spiro atoms. The van der Waals surface area contributed by atoms with Crippen LogP contribution >= 0.6 is 0 Å². The van der Waals surface area contributed by atoms with Crippen LogP contribution in [0.2, 0.25) is 0 Å². The van der Waals surface area contributed by atoms with Gasteiger partial charge in [0.1, 0.15) is 0 Å². The first-order chi connectivity index (χ1) is 3.71. The van der Waals surface area contributed by atoms with Crippen molar-refractivity contribution in [3.8, 4) is 0 Å². The fourth-order valence-electron chi connectivity index (χ4n) is 0.129. The van der Waals surface area contributed by atoms with E-state index in [4.69, 9.17) is 4.55 Å². The van der Waals surface area contributed by atoms with Crippen molar-refractivity contribution in [2.45, 2.75) is 0 Å². The fourth-order valence-corrected chi connectivity index (χ4v) is 1.16. The van der Waals surface area contributed by atoms with E-state index in [-0.39, 0.29) is 17.4 Å². The second-order valence-electron chi connectivity index (χ2n) is 1.01. The van der Waals surface area contributed by atoms with Crippen LogP contribution in [0.3, 0.4) is 0 Å². The fraction of sp³-hybridized carbons (Fsp3) is 0. The first-order valence-corrected chi connectivity index (χ1v) is 4.50. The molecule has 0 aromatic rings. The Morgan fingerprint density at radius 3 is 1.60 bits per heavy atom. The molecule has 0 rings (SSSR count). The van der Waals surface area contributed by atoms with Gasteiger partial charge in [0.2, 0.25) is 0 Å². The zero-order valence-corrected chi connectivity index (χ0v) is 7.35. The van der Waals surface area contributed by atoms with E-state index in [0.717, 1.165) is 0 Å². The normalized spacial score (nSPS) is 12.4. The SMILES string of the molecule is O=S(=O)(O)O[Si]([O-])([O-])[O-].[Al+3]. The molecule has 0 saturated heterocycles. The third-order valence-electron chi connectivity index (χ3n) is 0.207. The molecule has 7 nitrogen and oxygen atoms in total. The van der Waals surface area contributed by atoms with Gasteiger partial charge in [0, 0.05) is 0 Å². The molecule has 0 amide bonds. The summed E-state index contributed by atoms with van der Waals surface area (Å²) in [6, 6.07) is 0. The molecule has 0 heterocycles. The maximum absolute atomic E-state index is 9.41. The monoisotopic (exact) mass is 200 g/mol. The van der Waals surface area contributed by atoms with Gasteiger partial charge in [0.15, 0.2) is 0 Å². The van der Waals surface area contributed by atoms with Crippen LogP contribution in [0, 0.1) is 0 Å². The van der Waals surface area contributed by atoms with Crippen molar-refractivity contribution in [2.24, 2.45) is 0 Å². The van der Waals surface area contributed by atoms with Crippen LogP contribution < -0.4 is 14.4 Å². The van der Waals surface area contributed by atoms with Gasteiger partial charge < -0.3 is 18.3 Å². The summed E-state index contributed by atoms with van der Waals surface area (Å²) in [5, 5.41) is 0. The summed E-state index contributed by atoms with van der Waals surface area (Å²) in [6.45, 7) is 0. The Bertz CT molecular complexity index is 174. The van der Waals surface area contributed by atoms with Crippen LogP contribution in [-0.4, -0.2) is 39.4 Å². The zero-order chi connectivity index (χ0) is 7.71. The van der Waals surface area contributed by atoms with E-state index < -0.39 is 19.4 Å². The molecule has 10 heteroatoms. The van der Waals surface area contributed by atoms with Gasteiger partial charge in [-0.15, -0.1) is 0 Å². The van der Waals surface area contributed by atoms with Crippen molar-refractivity contribution in [1.29, 1.82) is 0 Å². The summed E-state index contributed by atoms with van der Waals surface area (Å²) >= 11 is 0. The largest absolute Gasteiger partial charge is 3.00 e.